The molecule has 0 unspecified atom stereocenters. The molecule has 0 amide bonds. The van der Waals surface area contributed by atoms with Crippen molar-refractivity contribution in [2.24, 2.45) is 0 Å². The Labute approximate surface area is 170 Å². The van der Waals surface area contributed by atoms with E-state index in [0.29, 0.717) is 0 Å². The molecule has 0 aliphatic heterocycles. The molecule has 1 heteroatoms. The van der Waals surface area contributed by atoms with Gasteiger partial charge in [0.2, 0.25) is 0 Å². The van der Waals surface area contributed by atoms with Crippen LogP contribution in [0.25, 0.3) is 49.2 Å². The van der Waals surface area contributed by atoms with Crippen molar-refractivity contribution >= 4 is 38.1 Å². The van der Waals surface area contributed by atoms with Gasteiger partial charge in [0.1, 0.15) is 0 Å². The van der Waals surface area contributed by atoms with Crippen LogP contribution in [0, 0.1) is 0 Å². The van der Waals surface area contributed by atoms with E-state index in [0.717, 1.165) is 0 Å². The molecule has 0 bridgehead atoms. The van der Waals surface area contributed by atoms with Crippen LogP contribution in [0.5, 0.6) is 0 Å². The standard InChI is InChI=1S/C28H23N/c1-28(2,3)20-14-12-18(13-15-20)19-16-23-21-8-4-6-10-25(21)29-26-11-7-5-9-22(26)24(17-19)27(23)29/h4-17H,1-3H3. The summed E-state index contributed by atoms with van der Waals surface area (Å²) in [7, 11) is 0. The second-order valence-electron chi connectivity index (χ2n) is 9.12. The highest BCUT2D eigenvalue weighted by atomic mass is 14.9. The molecule has 29 heavy (non-hydrogen) atoms. The summed E-state index contributed by atoms with van der Waals surface area (Å²) in [5.74, 6) is 0. The monoisotopic (exact) mass is 373 g/mol. The minimum absolute atomic E-state index is 0.170. The van der Waals surface area contributed by atoms with Gasteiger partial charge in [0.15, 0.2) is 0 Å². The summed E-state index contributed by atoms with van der Waals surface area (Å²) in [5.41, 5.74) is 8.01. The molecule has 6 aromatic rings. The van der Waals surface area contributed by atoms with Crippen LogP contribution in [-0.4, -0.2) is 4.40 Å². The maximum atomic E-state index is 2.43. The van der Waals surface area contributed by atoms with Gasteiger partial charge in [-0.05, 0) is 46.4 Å². The molecule has 4 aromatic carbocycles. The molecule has 0 fully saturated rings. The summed E-state index contributed by atoms with van der Waals surface area (Å²) in [6.07, 6.45) is 0. The van der Waals surface area contributed by atoms with Crippen LogP contribution in [-0.2, 0) is 5.41 Å². The van der Waals surface area contributed by atoms with Crippen LogP contribution in [0.2, 0.25) is 0 Å². The van der Waals surface area contributed by atoms with Crippen LogP contribution < -0.4 is 0 Å². The van der Waals surface area contributed by atoms with E-state index in [4.69, 9.17) is 0 Å². The lowest BCUT2D eigenvalue weighted by Gasteiger charge is -2.19. The van der Waals surface area contributed by atoms with E-state index in [2.05, 4.69) is 110 Å². The predicted octanol–water partition coefficient (Wildman–Crippen LogP) is 7.80. The molecule has 0 aliphatic rings. The molecule has 140 valence electrons. The van der Waals surface area contributed by atoms with E-state index in [1.54, 1.807) is 0 Å². The third-order valence-electron chi connectivity index (χ3n) is 6.29. The molecule has 0 N–H and O–H groups in total. The molecule has 0 saturated heterocycles. The summed E-state index contributed by atoms with van der Waals surface area (Å²) in [5, 5.41) is 5.33. The predicted molar refractivity (Wildman–Crippen MR) is 125 cm³/mol. The van der Waals surface area contributed by atoms with E-state index >= 15 is 0 Å². The number of aromatic nitrogens is 1. The SMILES string of the molecule is CC(C)(C)c1ccc(-c2cc3c4ccccc4n4c5ccccc5c(c2)c34)cc1. The van der Waals surface area contributed by atoms with Crippen LogP contribution in [0.4, 0.5) is 0 Å². The van der Waals surface area contributed by atoms with Gasteiger partial charge in [-0.3, -0.25) is 0 Å². The van der Waals surface area contributed by atoms with Gasteiger partial charge >= 0.3 is 0 Å². The lowest BCUT2D eigenvalue weighted by atomic mass is 9.86. The van der Waals surface area contributed by atoms with Crippen LogP contribution in [0.3, 0.4) is 0 Å². The number of hydrogen-bond donors (Lipinski definition) is 0. The Kier molecular flexibility index (Phi) is 3.21. The van der Waals surface area contributed by atoms with Crippen molar-refractivity contribution in [2.75, 3.05) is 0 Å². The molecule has 2 aromatic heterocycles. The second-order valence-corrected chi connectivity index (χ2v) is 9.12. The number of rotatable bonds is 1. The average Bonchev–Trinajstić information content (AvgIpc) is 3.24. The first-order valence-corrected chi connectivity index (χ1v) is 10.3. The largest absolute Gasteiger partial charge is 0.308 e. The van der Waals surface area contributed by atoms with Gasteiger partial charge in [-0.25, -0.2) is 0 Å². The van der Waals surface area contributed by atoms with Gasteiger partial charge < -0.3 is 4.40 Å². The molecule has 0 atom stereocenters. The quantitative estimate of drug-likeness (QED) is 0.277. The fraction of sp³-hybridized carbons (Fsp3) is 0.143. The van der Waals surface area contributed by atoms with Crippen LogP contribution >= 0.6 is 0 Å². The van der Waals surface area contributed by atoms with E-state index < -0.39 is 0 Å². The van der Waals surface area contributed by atoms with Gasteiger partial charge in [0, 0.05) is 21.5 Å². The third kappa shape index (κ3) is 2.28. The van der Waals surface area contributed by atoms with E-state index in [-0.39, 0.29) is 5.41 Å². The first-order valence-electron chi connectivity index (χ1n) is 10.3. The van der Waals surface area contributed by atoms with Crippen molar-refractivity contribution in [1.29, 1.82) is 0 Å². The molecule has 0 aliphatic carbocycles. The Morgan fingerprint density at radius 2 is 1.07 bits per heavy atom. The maximum absolute atomic E-state index is 2.43. The molecule has 0 radical (unpaired) electrons. The number of hydrogen-bond acceptors (Lipinski definition) is 0. The summed E-state index contributed by atoms with van der Waals surface area (Å²) >= 11 is 0. The topological polar surface area (TPSA) is 4.41 Å². The van der Waals surface area contributed by atoms with Crippen molar-refractivity contribution in [3.63, 3.8) is 0 Å². The van der Waals surface area contributed by atoms with Gasteiger partial charge in [0.05, 0.1) is 16.6 Å². The Balaban J connectivity index is 1.72. The van der Waals surface area contributed by atoms with Crippen molar-refractivity contribution < 1.29 is 0 Å². The Morgan fingerprint density at radius 3 is 1.59 bits per heavy atom. The summed E-state index contributed by atoms with van der Waals surface area (Å²) in [6.45, 7) is 6.79. The van der Waals surface area contributed by atoms with Crippen molar-refractivity contribution in [3.8, 4) is 11.1 Å². The zero-order valence-electron chi connectivity index (χ0n) is 17.0. The minimum Gasteiger partial charge on any atom is -0.308 e. The van der Waals surface area contributed by atoms with E-state index in [9.17, 15) is 0 Å². The van der Waals surface area contributed by atoms with E-state index in [1.807, 2.05) is 0 Å². The Morgan fingerprint density at radius 1 is 0.552 bits per heavy atom. The van der Waals surface area contributed by atoms with Gasteiger partial charge in [-0.2, -0.15) is 0 Å². The summed E-state index contributed by atoms with van der Waals surface area (Å²) < 4.78 is 2.43. The zero-order valence-corrected chi connectivity index (χ0v) is 17.0. The van der Waals surface area contributed by atoms with Crippen molar-refractivity contribution in [2.45, 2.75) is 26.2 Å². The lowest BCUT2D eigenvalue weighted by molar-refractivity contribution is 0.590. The molecule has 0 spiro atoms. The molecular formula is C28H23N. The van der Waals surface area contributed by atoms with E-state index in [1.165, 1.54) is 54.8 Å². The Hall–Kier alpha value is -3.32. The average molecular weight is 373 g/mol. The first-order chi connectivity index (χ1) is 14.0. The fourth-order valence-electron chi connectivity index (χ4n) is 4.78. The van der Waals surface area contributed by atoms with Crippen molar-refractivity contribution in [3.05, 3.63) is 90.5 Å². The third-order valence-corrected chi connectivity index (χ3v) is 6.29. The van der Waals surface area contributed by atoms with Gasteiger partial charge in [0.25, 0.3) is 0 Å². The summed E-state index contributed by atoms with van der Waals surface area (Å²) in [6, 6.07) is 31.4. The Bertz CT molecular complexity index is 1420. The molecule has 2 heterocycles. The smallest absolute Gasteiger partial charge is 0.0620 e. The molecule has 1 nitrogen and oxygen atoms in total. The lowest BCUT2D eigenvalue weighted by Crippen LogP contribution is -2.10. The normalized spacial score (nSPS) is 12.7. The van der Waals surface area contributed by atoms with Gasteiger partial charge in [-0.1, -0.05) is 81.4 Å². The number of para-hydroxylation sites is 2. The second kappa shape index (κ2) is 5.61. The van der Waals surface area contributed by atoms with Gasteiger partial charge in [-0.15, -0.1) is 0 Å². The van der Waals surface area contributed by atoms with Crippen molar-refractivity contribution in [1.82, 2.24) is 4.40 Å². The molecular weight excluding hydrogens is 350 g/mol. The fourth-order valence-corrected chi connectivity index (χ4v) is 4.78. The number of benzene rings is 4. The minimum atomic E-state index is 0.170. The highest BCUT2D eigenvalue weighted by Crippen LogP contribution is 2.41. The van der Waals surface area contributed by atoms with Crippen LogP contribution in [0.15, 0.2) is 84.9 Å². The first kappa shape index (κ1) is 16.6. The van der Waals surface area contributed by atoms with Crippen LogP contribution in [0.1, 0.15) is 26.3 Å². The number of nitrogens with zero attached hydrogens (tertiary/aromatic N) is 1. The molecule has 0 saturated carbocycles. The highest BCUT2D eigenvalue weighted by molar-refractivity contribution is 6.24. The maximum Gasteiger partial charge on any atom is 0.0620 e. The summed E-state index contributed by atoms with van der Waals surface area (Å²) in [4.78, 5) is 0. The number of fused-ring (bicyclic) bond motifs is 6. The molecule has 6 rings (SSSR count). The highest BCUT2D eigenvalue weighted by Gasteiger charge is 2.18. The zero-order chi connectivity index (χ0) is 19.8.